The van der Waals surface area contributed by atoms with Gasteiger partial charge in [0.15, 0.2) is 0 Å². The molecule has 1 atom stereocenters. The molecule has 4 nitrogen and oxygen atoms in total. The quantitative estimate of drug-likeness (QED) is 0.465. The van der Waals surface area contributed by atoms with E-state index in [0.29, 0.717) is 6.61 Å². The van der Waals surface area contributed by atoms with Crippen molar-refractivity contribution >= 4 is 10.9 Å². The molecule has 0 aliphatic carbocycles. The third kappa shape index (κ3) is 3.04. The van der Waals surface area contributed by atoms with Gasteiger partial charge in [0.05, 0.1) is 18.2 Å². The maximum Gasteiger partial charge on any atom is 0.0705 e. The Hall–Kier alpha value is -1.49. The average Bonchev–Trinajstić information content (AvgIpc) is 2.43. The molecule has 0 fully saturated rings. The van der Waals surface area contributed by atoms with E-state index < -0.39 is 0 Å². The average molecular weight is 245 g/mol. The second-order valence-corrected chi connectivity index (χ2v) is 4.25. The van der Waals surface area contributed by atoms with Crippen molar-refractivity contribution in [1.29, 1.82) is 0 Å². The Morgan fingerprint density at radius 2 is 2.28 bits per heavy atom. The molecule has 0 saturated carbocycles. The first-order chi connectivity index (χ1) is 8.85. The predicted molar refractivity (Wildman–Crippen MR) is 72.9 cm³/mol. The molecule has 0 bridgehead atoms. The van der Waals surface area contributed by atoms with Crippen molar-refractivity contribution < 1.29 is 4.74 Å². The smallest absolute Gasteiger partial charge is 0.0705 e. The Labute approximate surface area is 107 Å². The molecule has 96 valence electrons. The summed E-state index contributed by atoms with van der Waals surface area (Å²) < 4.78 is 5.54. The van der Waals surface area contributed by atoms with Gasteiger partial charge in [-0.25, -0.2) is 0 Å². The van der Waals surface area contributed by atoms with E-state index in [4.69, 9.17) is 10.6 Å². The van der Waals surface area contributed by atoms with Gasteiger partial charge in [0, 0.05) is 18.2 Å². The number of benzene rings is 1. The summed E-state index contributed by atoms with van der Waals surface area (Å²) in [5.74, 6) is 5.58. The number of hydrogen-bond acceptors (Lipinski definition) is 4. The van der Waals surface area contributed by atoms with Crippen LogP contribution in [0, 0.1) is 0 Å². The summed E-state index contributed by atoms with van der Waals surface area (Å²) in [6.45, 7) is 3.41. The molecule has 0 saturated heterocycles. The molecule has 0 spiro atoms. The maximum absolute atomic E-state index is 5.58. The molecule has 0 aliphatic heterocycles. The van der Waals surface area contributed by atoms with Crippen molar-refractivity contribution in [2.24, 2.45) is 5.84 Å². The number of nitrogens with zero attached hydrogens (tertiary/aromatic N) is 1. The van der Waals surface area contributed by atoms with Gasteiger partial charge >= 0.3 is 0 Å². The summed E-state index contributed by atoms with van der Waals surface area (Å²) in [5.41, 5.74) is 4.86. The lowest BCUT2D eigenvalue weighted by molar-refractivity contribution is 0.112. The van der Waals surface area contributed by atoms with Gasteiger partial charge in [-0.3, -0.25) is 16.3 Å². The van der Waals surface area contributed by atoms with Gasteiger partial charge in [0.1, 0.15) is 0 Å². The van der Waals surface area contributed by atoms with Gasteiger partial charge in [-0.15, -0.1) is 0 Å². The highest BCUT2D eigenvalue weighted by Crippen LogP contribution is 2.18. The molecular weight excluding hydrogens is 226 g/mol. The molecule has 1 aromatic carbocycles. The highest BCUT2D eigenvalue weighted by molar-refractivity contribution is 5.78. The van der Waals surface area contributed by atoms with Crippen molar-refractivity contribution in [1.82, 2.24) is 10.4 Å². The van der Waals surface area contributed by atoms with Gasteiger partial charge in [-0.2, -0.15) is 0 Å². The molecule has 0 radical (unpaired) electrons. The number of aromatic nitrogens is 1. The highest BCUT2D eigenvalue weighted by atomic mass is 16.5. The number of hydrazine groups is 1. The van der Waals surface area contributed by atoms with Crippen LogP contribution in [0.15, 0.2) is 36.5 Å². The van der Waals surface area contributed by atoms with Gasteiger partial charge in [0.2, 0.25) is 0 Å². The lowest BCUT2D eigenvalue weighted by Crippen LogP contribution is -2.31. The molecule has 3 N–H and O–H groups in total. The van der Waals surface area contributed by atoms with Crippen molar-refractivity contribution in [2.45, 2.75) is 19.4 Å². The minimum absolute atomic E-state index is 0.00274. The molecule has 0 aliphatic rings. The molecule has 2 aromatic rings. The minimum atomic E-state index is 0.00274. The zero-order valence-electron chi connectivity index (χ0n) is 10.6. The van der Waals surface area contributed by atoms with E-state index in [-0.39, 0.29) is 6.04 Å². The summed E-state index contributed by atoms with van der Waals surface area (Å²) in [6.07, 6.45) is 2.81. The number of ether oxygens (including phenoxy) is 1. The van der Waals surface area contributed by atoms with E-state index in [2.05, 4.69) is 35.5 Å². The predicted octanol–water partition coefficient (Wildman–Crippen LogP) is 2.17. The number of fused-ring (bicyclic) bond motifs is 1. The standard InChI is InChI=1S/C14H19N3O/c1-2-8-18-10-14(17-15)12-6-5-11-4-3-7-16-13(11)9-12/h3-7,9,14,17H,2,8,10,15H2,1H3. The summed E-state index contributed by atoms with van der Waals surface area (Å²) in [6, 6.07) is 10.2. The summed E-state index contributed by atoms with van der Waals surface area (Å²) in [5, 5.41) is 1.13. The van der Waals surface area contributed by atoms with Crippen LogP contribution in [-0.2, 0) is 4.74 Å². The Morgan fingerprint density at radius 3 is 3.06 bits per heavy atom. The van der Waals surface area contributed by atoms with E-state index in [1.165, 1.54) is 0 Å². The molecule has 2 rings (SSSR count). The highest BCUT2D eigenvalue weighted by Gasteiger charge is 2.10. The summed E-state index contributed by atoms with van der Waals surface area (Å²) >= 11 is 0. The molecule has 1 aromatic heterocycles. The van der Waals surface area contributed by atoms with Crippen LogP contribution in [0.5, 0.6) is 0 Å². The molecule has 1 heterocycles. The molecular formula is C14H19N3O. The third-order valence-electron chi connectivity index (χ3n) is 2.87. The fourth-order valence-electron chi connectivity index (χ4n) is 1.89. The molecule has 4 heteroatoms. The van der Waals surface area contributed by atoms with Crippen LogP contribution in [0.4, 0.5) is 0 Å². The number of nitrogens with one attached hydrogen (secondary N) is 1. The van der Waals surface area contributed by atoms with E-state index >= 15 is 0 Å². The summed E-state index contributed by atoms with van der Waals surface area (Å²) in [4.78, 5) is 4.35. The normalized spacial score (nSPS) is 12.8. The van der Waals surface area contributed by atoms with Crippen LogP contribution < -0.4 is 11.3 Å². The number of rotatable bonds is 6. The third-order valence-corrected chi connectivity index (χ3v) is 2.87. The van der Waals surface area contributed by atoms with Crippen LogP contribution in [0.1, 0.15) is 24.9 Å². The largest absolute Gasteiger partial charge is 0.379 e. The number of nitrogens with two attached hydrogens (primary N) is 1. The zero-order chi connectivity index (χ0) is 12.8. The van der Waals surface area contributed by atoms with Gasteiger partial charge in [0.25, 0.3) is 0 Å². The first-order valence-electron chi connectivity index (χ1n) is 6.23. The van der Waals surface area contributed by atoms with Gasteiger partial charge in [-0.05, 0) is 24.1 Å². The van der Waals surface area contributed by atoms with E-state index in [0.717, 1.165) is 29.5 Å². The SMILES string of the molecule is CCCOCC(NN)c1ccc2cccnc2c1. The summed E-state index contributed by atoms with van der Waals surface area (Å²) in [7, 11) is 0. The van der Waals surface area contributed by atoms with E-state index in [9.17, 15) is 0 Å². The Bertz CT molecular complexity index is 501. The lowest BCUT2D eigenvalue weighted by Gasteiger charge is -2.16. The second-order valence-electron chi connectivity index (χ2n) is 4.25. The fraction of sp³-hybridized carbons (Fsp3) is 0.357. The lowest BCUT2D eigenvalue weighted by atomic mass is 10.1. The van der Waals surface area contributed by atoms with Crippen LogP contribution in [0.2, 0.25) is 0 Å². The van der Waals surface area contributed by atoms with Crippen molar-refractivity contribution in [3.63, 3.8) is 0 Å². The molecule has 0 amide bonds. The van der Waals surface area contributed by atoms with Crippen LogP contribution in [-0.4, -0.2) is 18.2 Å². The monoisotopic (exact) mass is 245 g/mol. The Morgan fingerprint density at radius 1 is 1.39 bits per heavy atom. The van der Waals surface area contributed by atoms with Crippen molar-refractivity contribution in [3.8, 4) is 0 Å². The second kappa shape index (κ2) is 6.44. The van der Waals surface area contributed by atoms with Crippen LogP contribution in [0.3, 0.4) is 0 Å². The first-order valence-corrected chi connectivity index (χ1v) is 6.23. The number of pyridine rings is 1. The van der Waals surface area contributed by atoms with E-state index in [1.54, 1.807) is 6.20 Å². The number of hydrogen-bond donors (Lipinski definition) is 2. The first kappa shape index (κ1) is 13.0. The molecule has 18 heavy (non-hydrogen) atoms. The van der Waals surface area contributed by atoms with Crippen molar-refractivity contribution in [3.05, 3.63) is 42.1 Å². The fourth-order valence-corrected chi connectivity index (χ4v) is 1.89. The Balaban J connectivity index is 2.17. The zero-order valence-corrected chi connectivity index (χ0v) is 10.6. The van der Waals surface area contributed by atoms with Crippen LogP contribution in [0.25, 0.3) is 10.9 Å². The maximum atomic E-state index is 5.58. The van der Waals surface area contributed by atoms with Crippen molar-refractivity contribution in [2.75, 3.05) is 13.2 Å². The molecule has 1 unspecified atom stereocenters. The van der Waals surface area contributed by atoms with Gasteiger partial charge in [-0.1, -0.05) is 25.1 Å². The van der Waals surface area contributed by atoms with E-state index in [1.807, 2.05) is 12.1 Å². The minimum Gasteiger partial charge on any atom is -0.379 e. The van der Waals surface area contributed by atoms with Gasteiger partial charge < -0.3 is 4.74 Å². The Kier molecular flexibility index (Phi) is 4.64. The topological polar surface area (TPSA) is 60.2 Å². The van der Waals surface area contributed by atoms with Crippen LogP contribution >= 0.6 is 0 Å².